The summed E-state index contributed by atoms with van der Waals surface area (Å²) in [7, 11) is 0. The molecule has 0 bridgehead atoms. The number of pyridine rings is 1. The van der Waals surface area contributed by atoms with E-state index in [0.717, 1.165) is 0 Å². The number of nitrogens with two attached hydrogens (primary N) is 1. The minimum Gasteiger partial charge on any atom is -0.392 e. The molecule has 8 heteroatoms. The predicted octanol–water partition coefficient (Wildman–Crippen LogP) is 1.99. The van der Waals surface area contributed by atoms with Crippen molar-refractivity contribution in [2.45, 2.75) is 25.8 Å². The molecule has 1 heterocycles. The fourth-order valence-corrected chi connectivity index (χ4v) is 1.44. The van der Waals surface area contributed by atoms with Crippen LogP contribution in [0.1, 0.15) is 28.8 Å². The first-order chi connectivity index (χ1) is 7.82. The van der Waals surface area contributed by atoms with Crippen LogP contribution < -0.4 is 5.73 Å². The van der Waals surface area contributed by atoms with E-state index in [9.17, 15) is 22.0 Å². The molecule has 0 aliphatic heterocycles. The van der Waals surface area contributed by atoms with Gasteiger partial charge in [0.15, 0.2) is 0 Å². The molecule has 0 unspecified atom stereocenters. The van der Waals surface area contributed by atoms with Crippen LogP contribution in [0.2, 0.25) is 0 Å². The second-order valence-electron chi connectivity index (χ2n) is 3.17. The Balaban J connectivity index is 3.54. The first kappa shape index (κ1) is 13.8. The lowest BCUT2D eigenvalue weighted by molar-refractivity contribution is -0.139. The van der Waals surface area contributed by atoms with Crippen LogP contribution in [0, 0.1) is 0 Å². The summed E-state index contributed by atoms with van der Waals surface area (Å²) in [6, 6.07) is 0. The second kappa shape index (κ2) is 4.92. The maximum Gasteiger partial charge on any atom is 0.418 e. The van der Waals surface area contributed by atoms with Crippen molar-refractivity contribution in [3.63, 3.8) is 0 Å². The zero-order chi connectivity index (χ0) is 13.2. The van der Waals surface area contributed by atoms with Crippen LogP contribution in [0.5, 0.6) is 0 Å². The molecule has 3 nitrogen and oxygen atoms in total. The van der Waals surface area contributed by atoms with Gasteiger partial charge in [0.2, 0.25) is 0 Å². The van der Waals surface area contributed by atoms with E-state index in [1.54, 1.807) is 0 Å². The van der Waals surface area contributed by atoms with Gasteiger partial charge in [0.05, 0.1) is 17.9 Å². The summed E-state index contributed by atoms with van der Waals surface area (Å²) in [5.41, 5.74) is 1.62. The van der Waals surface area contributed by atoms with Crippen molar-refractivity contribution >= 4 is 0 Å². The average molecular weight is 256 g/mol. The van der Waals surface area contributed by atoms with Gasteiger partial charge < -0.3 is 10.8 Å². The van der Waals surface area contributed by atoms with E-state index in [0.29, 0.717) is 6.20 Å². The molecule has 3 N–H and O–H groups in total. The molecule has 0 amide bonds. The normalized spacial score (nSPS) is 12.2. The second-order valence-corrected chi connectivity index (χ2v) is 3.17. The van der Waals surface area contributed by atoms with Crippen molar-refractivity contribution in [2.75, 3.05) is 0 Å². The molecule has 1 aromatic heterocycles. The first-order valence-electron chi connectivity index (χ1n) is 4.49. The fraction of sp³-hybridized carbons (Fsp3) is 0.444. The summed E-state index contributed by atoms with van der Waals surface area (Å²) in [6.07, 6.45) is -8.00. The van der Waals surface area contributed by atoms with Crippen molar-refractivity contribution < 1.29 is 27.1 Å². The Bertz CT molecular complexity index is 405. The van der Waals surface area contributed by atoms with Crippen molar-refractivity contribution in [2.24, 2.45) is 5.73 Å². The van der Waals surface area contributed by atoms with E-state index in [1.807, 2.05) is 0 Å². The topological polar surface area (TPSA) is 59.1 Å². The number of aromatic nitrogens is 1. The van der Waals surface area contributed by atoms with E-state index in [1.165, 1.54) is 0 Å². The van der Waals surface area contributed by atoms with Crippen molar-refractivity contribution in [1.82, 2.24) is 4.98 Å². The molecule has 0 spiro atoms. The van der Waals surface area contributed by atoms with Crippen molar-refractivity contribution in [3.05, 3.63) is 28.6 Å². The van der Waals surface area contributed by atoms with Crippen LogP contribution in [0.15, 0.2) is 6.20 Å². The van der Waals surface area contributed by atoms with Crippen LogP contribution in [-0.2, 0) is 19.3 Å². The summed E-state index contributed by atoms with van der Waals surface area (Å²) >= 11 is 0. The molecule has 0 aliphatic carbocycles. The third-order valence-electron chi connectivity index (χ3n) is 2.19. The summed E-state index contributed by atoms with van der Waals surface area (Å²) in [6.45, 7) is -1.29. The van der Waals surface area contributed by atoms with E-state index >= 15 is 0 Å². The van der Waals surface area contributed by atoms with Crippen LogP contribution >= 0.6 is 0 Å². The van der Waals surface area contributed by atoms with Crippen LogP contribution in [0.3, 0.4) is 0 Å². The van der Waals surface area contributed by atoms with E-state index < -0.39 is 35.9 Å². The number of rotatable bonds is 3. The SMILES string of the molecule is NCc1ncc(C(F)(F)F)c(C(F)F)c1CO. The van der Waals surface area contributed by atoms with Gasteiger partial charge >= 0.3 is 6.18 Å². The van der Waals surface area contributed by atoms with Gasteiger partial charge in [0, 0.05) is 23.9 Å². The first-order valence-corrected chi connectivity index (χ1v) is 4.49. The molecule has 1 aromatic rings. The van der Waals surface area contributed by atoms with Gasteiger partial charge in [-0.1, -0.05) is 0 Å². The molecule has 96 valence electrons. The quantitative estimate of drug-likeness (QED) is 0.813. The fourth-order valence-electron chi connectivity index (χ4n) is 1.44. The van der Waals surface area contributed by atoms with Crippen molar-refractivity contribution in [3.8, 4) is 0 Å². The van der Waals surface area contributed by atoms with Gasteiger partial charge in [-0.15, -0.1) is 0 Å². The van der Waals surface area contributed by atoms with Crippen LogP contribution in [0.25, 0.3) is 0 Å². The summed E-state index contributed by atoms with van der Waals surface area (Å²) in [5.74, 6) is 0. The van der Waals surface area contributed by atoms with Gasteiger partial charge in [-0.25, -0.2) is 8.78 Å². The number of aliphatic hydroxyl groups is 1. The lowest BCUT2D eigenvalue weighted by Crippen LogP contribution is -2.16. The molecule has 1 rings (SSSR count). The van der Waals surface area contributed by atoms with E-state index in [4.69, 9.17) is 10.8 Å². The average Bonchev–Trinajstić information content (AvgIpc) is 2.25. The molecule has 0 radical (unpaired) electrons. The van der Waals surface area contributed by atoms with Crippen molar-refractivity contribution in [1.29, 1.82) is 0 Å². The third-order valence-corrected chi connectivity index (χ3v) is 2.19. The van der Waals surface area contributed by atoms with Gasteiger partial charge in [-0.2, -0.15) is 13.2 Å². The maximum absolute atomic E-state index is 12.6. The highest BCUT2D eigenvalue weighted by atomic mass is 19.4. The van der Waals surface area contributed by atoms with Gasteiger partial charge in [-0.3, -0.25) is 4.98 Å². The lowest BCUT2D eigenvalue weighted by Gasteiger charge is -2.17. The van der Waals surface area contributed by atoms with Gasteiger partial charge in [0.1, 0.15) is 0 Å². The summed E-state index contributed by atoms with van der Waals surface area (Å²) < 4.78 is 62.7. The van der Waals surface area contributed by atoms with Crippen LogP contribution in [0.4, 0.5) is 22.0 Å². The smallest absolute Gasteiger partial charge is 0.392 e. The third kappa shape index (κ3) is 2.70. The number of hydrogen-bond acceptors (Lipinski definition) is 3. The van der Waals surface area contributed by atoms with Crippen LogP contribution in [-0.4, -0.2) is 10.1 Å². The molecule has 0 saturated heterocycles. The summed E-state index contributed by atoms with van der Waals surface area (Å²) in [5, 5.41) is 8.87. The summed E-state index contributed by atoms with van der Waals surface area (Å²) in [4.78, 5) is 3.34. The Morgan fingerprint density at radius 1 is 1.35 bits per heavy atom. The standard InChI is InChI=1S/C9H9F5N2O/c10-8(11)7-4(3-17)6(1-15)16-2-5(7)9(12,13)14/h2,8,17H,1,3,15H2. The number of nitrogens with zero attached hydrogens (tertiary/aromatic N) is 1. The molecule has 0 saturated carbocycles. The molecular formula is C9H9F5N2O. The Labute approximate surface area is 93.1 Å². The molecule has 0 atom stereocenters. The van der Waals surface area contributed by atoms with E-state index in [2.05, 4.69) is 4.98 Å². The molecular weight excluding hydrogens is 247 g/mol. The molecule has 0 fully saturated rings. The predicted molar refractivity (Wildman–Crippen MR) is 48.0 cm³/mol. The number of aliphatic hydroxyl groups excluding tert-OH is 1. The number of alkyl halides is 5. The number of halogens is 5. The molecule has 0 aromatic carbocycles. The van der Waals surface area contributed by atoms with Gasteiger partial charge in [0.25, 0.3) is 6.43 Å². The highest BCUT2D eigenvalue weighted by Gasteiger charge is 2.38. The Kier molecular flexibility index (Phi) is 3.99. The Morgan fingerprint density at radius 3 is 2.29 bits per heavy atom. The zero-order valence-electron chi connectivity index (χ0n) is 8.43. The highest BCUT2D eigenvalue weighted by Crippen LogP contribution is 2.38. The van der Waals surface area contributed by atoms with Gasteiger partial charge in [-0.05, 0) is 0 Å². The number of hydrogen-bond donors (Lipinski definition) is 2. The maximum atomic E-state index is 12.6. The Morgan fingerprint density at radius 2 is 1.94 bits per heavy atom. The monoisotopic (exact) mass is 256 g/mol. The molecule has 0 aliphatic rings. The van der Waals surface area contributed by atoms with E-state index in [-0.39, 0.29) is 12.2 Å². The highest BCUT2D eigenvalue weighted by molar-refractivity contribution is 5.38. The largest absolute Gasteiger partial charge is 0.418 e. The Hall–Kier alpha value is -1.28. The minimum absolute atomic E-state index is 0.171. The zero-order valence-corrected chi connectivity index (χ0v) is 8.43. The minimum atomic E-state index is -4.95. The lowest BCUT2D eigenvalue weighted by atomic mass is 10.0. The molecule has 17 heavy (non-hydrogen) atoms.